The third-order valence-electron chi connectivity index (χ3n) is 5.50. The quantitative estimate of drug-likeness (QED) is 0.360. The normalized spacial score (nSPS) is 12.3. The number of hydrogen-bond donors (Lipinski definition) is 1. The van der Waals surface area contributed by atoms with Gasteiger partial charge in [0, 0.05) is 45.4 Å². The Kier molecular flexibility index (Phi) is 7.47. The molecule has 4 rings (SSSR count). The fourth-order valence-electron chi connectivity index (χ4n) is 3.82. The summed E-state index contributed by atoms with van der Waals surface area (Å²) < 4.78 is 0. The van der Waals surface area contributed by atoms with Crippen molar-refractivity contribution in [1.29, 1.82) is 0 Å². The third-order valence-corrected chi connectivity index (χ3v) is 5.50. The Morgan fingerprint density at radius 3 is 2.47 bits per heavy atom. The van der Waals surface area contributed by atoms with Crippen molar-refractivity contribution in [1.82, 2.24) is 5.32 Å². The summed E-state index contributed by atoms with van der Waals surface area (Å²) >= 11 is 0. The topological polar surface area (TPSA) is 46.4 Å². The maximum Gasteiger partial charge on any atom is 0.0875 e. The molecule has 0 atom stereocenters. The number of rotatable bonds is 6. The van der Waals surface area contributed by atoms with Gasteiger partial charge in [-0.2, -0.15) is 0 Å². The van der Waals surface area contributed by atoms with Gasteiger partial charge >= 0.3 is 0 Å². The van der Waals surface area contributed by atoms with Gasteiger partial charge in [0.25, 0.3) is 0 Å². The number of hydrogen-bond acceptors (Lipinski definition) is 3. The first-order chi connectivity index (χ1) is 14.1. The number of nitrogens with zero attached hydrogens (tertiary/aromatic N) is 2. The fourth-order valence-corrected chi connectivity index (χ4v) is 3.82. The zero-order valence-electron chi connectivity index (χ0n) is 17.4. The van der Waals surface area contributed by atoms with E-state index >= 15 is 0 Å². The maximum absolute atomic E-state index is 12.8. The molecule has 30 heavy (non-hydrogen) atoms. The summed E-state index contributed by atoms with van der Waals surface area (Å²) in [5.74, 6) is -0.166. The molecular formula is C25H26MoN3O-. The summed E-state index contributed by atoms with van der Waals surface area (Å²) in [6, 6.07) is 22.3. The molecule has 0 aliphatic carbocycles. The molecule has 1 amide bonds. The van der Waals surface area contributed by atoms with Crippen molar-refractivity contribution in [3.8, 4) is 0 Å². The summed E-state index contributed by atoms with van der Waals surface area (Å²) in [5, 5.41) is 7.91. The average molecular weight is 480 g/mol. The zero-order valence-corrected chi connectivity index (χ0v) is 19.4. The Hall–Kier alpha value is -2.42. The third kappa shape index (κ3) is 4.66. The van der Waals surface area contributed by atoms with Gasteiger partial charge in [-0.05, 0) is 49.6 Å². The smallest absolute Gasteiger partial charge is 0.0875 e. The van der Waals surface area contributed by atoms with E-state index in [9.17, 15) is 4.79 Å². The number of aryl methyl sites for hydroxylation is 1. The largest absolute Gasteiger partial charge is 0.621 e. The van der Waals surface area contributed by atoms with Crippen LogP contribution in [0, 0.1) is 13.8 Å². The predicted molar refractivity (Wildman–Crippen MR) is 119 cm³/mol. The van der Waals surface area contributed by atoms with Crippen molar-refractivity contribution >= 4 is 23.0 Å². The minimum Gasteiger partial charge on any atom is -0.621 e. The number of carbonyl (C=O) groups excluding carboxylic acids is 1. The number of amides is 1. The average Bonchev–Trinajstić information content (AvgIpc) is 2.86. The van der Waals surface area contributed by atoms with E-state index in [-0.39, 0.29) is 27.0 Å². The van der Waals surface area contributed by atoms with E-state index in [1.54, 1.807) is 0 Å². The number of carbonyl (C=O) groups is 1. The monoisotopic (exact) mass is 482 g/mol. The van der Waals surface area contributed by atoms with Crippen molar-refractivity contribution in [2.75, 3.05) is 18.0 Å². The van der Waals surface area contributed by atoms with E-state index in [2.05, 4.69) is 59.7 Å². The van der Waals surface area contributed by atoms with Gasteiger partial charge in [-0.1, -0.05) is 60.7 Å². The van der Waals surface area contributed by atoms with Crippen molar-refractivity contribution in [2.45, 2.75) is 26.8 Å². The molecule has 1 aliphatic heterocycles. The molecule has 0 unspecified atom stereocenters. The molecule has 1 heterocycles. The van der Waals surface area contributed by atoms with E-state index < -0.39 is 0 Å². The van der Waals surface area contributed by atoms with E-state index in [1.807, 2.05) is 36.4 Å². The molecule has 3 aromatic rings. The molecule has 154 valence electrons. The van der Waals surface area contributed by atoms with Crippen LogP contribution in [0.25, 0.3) is 5.32 Å². The van der Waals surface area contributed by atoms with Crippen LogP contribution in [-0.4, -0.2) is 19.0 Å². The first-order valence-electron chi connectivity index (χ1n) is 10.1. The second kappa shape index (κ2) is 10.1. The number of benzene rings is 3. The Balaban J connectivity index is 0.00000256. The van der Waals surface area contributed by atoms with Crippen molar-refractivity contribution in [3.63, 3.8) is 0 Å². The van der Waals surface area contributed by atoms with E-state index in [0.717, 1.165) is 48.7 Å². The van der Waals surface area contributed by atoms with Crippen LogP contribution in [0.5, 0.6) is 0 Å². The van der Waals surface area contributed by atoms with Crippen LogP contribution < -0.4 is 10.2 Å². The number of fused-ring (bicyclic) bond motifs is 2. The van der Waals surface area contributed by atoms with Gasteiger partial charge in [-0.3, -0.25) is 0 Å². The standard InChI is InChI=1S/C25H27N3O.Mo/c1-18-13-14-21-24(19(18)2)28(23-12-7-6-11-22(23)27-25(21)29)16-8-15-26-17-20-9-4-3-5-10-20;/h3-7,9-14,26H,8,15-17H2,1-2H3,(H,27,29);/p-1. The first kappa shape index (κ1) is 22.3. The Morgan fingerprint density at radius 2 is 1.67 bits per heavy atom. The second-order valence-electron chi connectivity index (χ2n) is 7.48. The summed E-state index contributed by atoms with van der Waals surface area (Å²) in [7, 11) is 0. The zero-order chi connectivity index (χ0) is 20.2. The minimum atomic E-state index is -0.166. The Morgan fingerprint density at radius 1 is 0.933 bits per heavy atom. The van der Waals surface area contributed by atoms with Crippen LogP contribution in [0.15, 0.2) is 66.7 Å². The van der Waals surface area contributed by atoms with Crippen LogP contribution in [0.1, 0.15) is 33.5 Å². The second-order valence-corrected chi connectivity index (χ2v) is 7.48. The molecule has 5 heteroatoms. The summed E-state index contributed by atoms with van der Waals surface area (Å²) in [5.41, 5.74) is 7.02. The van der Waals surface area contributed by atoms with Crippen LogP contribution in [-0.2, 0) is 27.6 Å². The number of nitrogens with one attached hydrogen (secondary N) is 1. The molecule has 0 spiro atoms. The Labute approximate surface area is 193 Å². The molecule has 3 aromatic carbocycles. The Bertz CT molecular complexity index is 1020. The van der Waals surface area contributed by atoms with Crippen molar-refractivity contribution in [3.05, 3.63) is 94.3 Å². The molecular weight excluding hydrogens is 454 g/mol. The van der Waals surface area contributed by atoms with Gasteiger partial charge in [0.2, 0.25) is 0 Å². The van der Waals surface area contributed by atoms with E-state index in [1.165, 1.54) is 11.1 Å². The molecule has 0 aromatic heterocycles. The molecule has 4 nitrogen and oxygen atoms in total. The van der Waals surface area contributed by atoms with Gasteiger partial charge in [-0.25, -0.2) is 0 Å². The molecule has 0 bridgehead atoms. The van der Waals surface area contributed by atoms with Gasteiger partial charge in [-0.15, -0.1) is 5.69 Å². The SMILES string of the molecule is Cc1ccc2c(c1C)N(CCCNCc1ccccc1)c1ccccc1[N-]C2=O.[Mo]. The minimum absolute atomic E-state index is 0. The predicted octanol–water partition coefficient (Wildman–Crippen LogP) is 5.78. The molecule has 1 N–H and O–H groups in total. The fraction of sp³-hybridized carbons (Fsp3) is 0.240. The van der Waals surface area contributed by atoms with Crippen LogP contribution in [0.4, 0.5) is 17.1 Å². The number of anilines is 2. The van der Waals surface area contributed by atoms with Crippen LogP contribution >= 0.6 is 0 Å². The summed E-state index contributed by atoms with van der Waals surface area (Å²) in [6.07, 6.45) is 0.960. The van der Waals surface area contributed by atoms with Gasteiger partial charge in [0.05, 0.1) is 11.6 Å². The van der Waals surface area contributed by atoms with Crippen molar-refractivity contribution < 1.29 is 25.9 Å². The summed E-state index contributed by atoms with van der Waals surface area (Å²) in [4.78, 5) is 15.1. The molecule has 0 saturated heterocycles. The van der Waals surface area contributed by atoms with Crippen molar-refractivity contribution in [2.24, 2.45) is 0 Å². The van der Waals surface area contributed by atoms with Gasteiger partial charge < -0.3 is 20.3 Å². The summed E-state index contributed by atoms with van der Waals surface area (Å²) in [6.45, 7) is 6.77. The van der Waals surface area contributed by atoms with Crippen LogP contribution in [0.3, 0.4) is 0 Å². The maximum atomic E-state index is 12.8. The molecule has 1 aliphatic rings. The first-order valence-corrected chi connectivity index (χ1v) is 10.1. The molecule has 0 fully saturated rings. The van der Waals surface area contributed by atoms with Gasteiger partial charge in [0.1, 0.15) is 0 Å². The van der Waals surface area contributed by atoms with Crippen LogP contribution in [0.2, 0.25) is 0 Å². The molecule has 0 saturated carbocycles. The van der Waals surface area contributed by atoms with E-state index in [0.29, 0.717) is 5.56 Å². The number of para-hydroxylation sites is 2. The van der Waals surface area contributed by atoms with Gasteiger partial charge in [0.15, 0.2) is 0 Å². The van der Waals surface area contributed by atoms with E-state index in [4.69, 9.17) is 0 Å². The molecule has 0 radical (unpaired) electrons.